The van der Waals surface area contributed by atoms with Crippen LogP contribution < -0.4 is 9.64 Å². The first-order chi connectivity index (χ1) is 16.2. The Kier molecular flexibility index (Phi) is 7.87. The van der Waals surface area contributed by atoms with E-state index in [1.54, 1.807) is 26.2 Å². The summed E-state index contributed by atoms with van der Waals surface area (Å²) in [6, 6.07) is 3.93. The molecule has 2 aromatic carbocycles. The number of carbonyl (C=O) groups excluding carboxylic acids is 1. The third kappa shape index (κ3) is 6.17. The van der Waals surface area contributed by atoms with Crippen LogP contribution in [0.4, 0.5) is 31.5 Å². The maximum atomic E-state index is 13.4. The molecule has 1 aromatic heterocycles. The number of nitrogens with zero attached hydrogens (tertiary/aromatic N) is 3. The third-order valence-electron chi connectivity index (χ3n) is 4.96. The lowest BCUT2D eigenvalue weighted by molar-refractivity contribution is -0.143. The highest BCUT2D eigenvalue weighted by atomic mass is 35.5. The van der Waals surface area contributed by atoms with Gasteiger partial charge < -0.3 is 9.64 Å². The maximum Gasteiger partial charge on any atom is 0.416 e. The Morgan fingerprint density at radius 2 is 1.63 bits per heavy atom. The molecular formula is C22H20ClF6N3O2S. The van der Waals surface area contributed by atoms with Gasteiger partial charge in [0.15, 0.2) is 5.13 Å². The molecule has 35 heavy (non-hydrogen) atoms. The topological polar surface area (TPSA) is 45.7 Å². The number of fused-ring (bicyclic) bond motifs is 1. The van der Waals surface area contributed by atoms with E-state index in [9.17, 15) is 31.1 Å². The first-order valence-electron chi connectivity index (χ1n) is 10.1. The monoisotopic (exact) mass is 539 g/mol. The number of aromatic nitrogens is 1. The van der Waals surface area contributed by atoms with E-state index in [2.05, 4.69) is 4.98 Å². The van der Waals surface area contributed by atoms with Gasteiger partial charge in [0.2, 0.25) is 0 Å². The Labute approximate surface area is 205 Å². The van der Waals surface area contributed by atoms with E-state index >= 15 is 0 Å². The summed E-state index contributed by atoms with van der Waals surface area (Å²) in [5.41, 5.74) is -3.57. The molecule has 0 saturated carbocycles. The van der Waals surface area contributed by atoms with Crippen molar-refractivity contribution in [3.8, 4) is 5.75 Å². The molecule has 0 spiro atoms. The van der Waals surface area contributed by atoms with Gasteiger partial charge in [0, 0.05) is 12.1 Å². The largest absolute Gasteiger partial charge is 0.494 e. The summed E-state index contributed by atoms with van der Waals surface area (Å²) < 4.78 is 85.8. The summed E-state index contributed by atoms with van der Waals surface area (Å²) in [7, 11) is 4.98. The van der Waals surface area contributed by atoms with Gasteiger partial charge in [-0.2, -0.15) is 26.3 Å². The highest BCUT2D eigenvalue weighted by molar-refractivity contribution is 7.23. The molecule has 1 heterocycles. The van der Waals surface area contributed by atoms with E-state index in [-0.39, 0.29) is 17.7 Å². The van der Waals surface area contributed by atoms with Crippen LogP contribution in [0.15, 0.2) is 30.3 Å². The standard InChI is InChI=1S/C22H20ClF6N3O2S/c1-31(2)7-4-8-32(20-30-17-16(34-3)6-5-15(23)18(17)35-20)19(33)12-9-13(21(24,25)26)11-14(10-12)22(27,28)29/h5-6,9-11H,4,7-8H2,1-3H3. The predicted octanol–water partition coefficient (Wildman–Crippen LogP) is 6.59. The van der Waals surface area contributed by atoms with Crippen molar-refractivity contribution in [3.63, 3.8) is 0 Å². The number of rotatable bonds is 7. The molecule has 0 unspecified atom stereocenters. The van der Waals surface area contributed by atoms with Crippen LogP contribution in [0.1, 0.15) is 27.9 Å². The van der Waals surface area contributed by atoms with E-state index in [4.69, 9.17) is 16.3 Å². The zero-order valence-electron chi connectivity index (χ0n) is 18.7. The average molecular weight is 540 g/mol. The summed E-state index contributed by atoms with van der Waals surface area (Å²) in [5.74, 6) is -0.694. The lowest BCUT2D eigenvalue weighted by atomic mass is 10.0. The van der Waals surface area contributed by atoms with E-state index in [1.807, 2.05) is 4.90 Å². The summed E-state index contributed by atoms with van der Waals surface area (Å²) in [4.78, 5) is 20.7. The van der Waals surface area contributed by atoms with Crippen molar-refractivity contribution in [2.24, 2.45) is 0 Å². The van der Waals surface area contributed by atoms with Gasteiger partial charge in [0.05, 0.1) is 28.0 Å². The Hall–Kier alpha value is -2.57. The first kappa shape index (κ1) is 27.0. The minimum atomic E-state index is -5.08. The number of ether oxygens (including phenoxy) is 1. The molecule has 0 atom stereocenters. The third-order valence-corrected chi connectivity index (χ3v) is 6.50. The van der Waals surface area contributed by atoms with Crippen molar-refractivity contribution in [2.45, 2.75) is 18.8 Å². The summed E-state index contributed by atoms with van der Waals surface area (Å²) in [6.45, 7) is 0.503. The quantitative estimate of drug-likeness (QED) is 0.318. The molecule has 190 valence electrons. The van der Waals surface area contributed by atoms with Crippen LogP contribution in [0.2, 0.25) is 5.02 Å². The van der Waals surface area contributed by atoms with Gasteiger partial charge in [-0.05, 0) is 57.4 Å². The predicted molar refractivity (Wildman–Crippen MR) is 122 cm³/mol. The molecule has 1 amide bonds. The average Bonchev–Trinajstić information content (AvgIpc) is 3.21. The van der Waals surface area contributed by atoms with Crippen LogP contribution in [0.25, 0.3) is 10.2 Å². The number of methoxy groups -OCH3 is 1. The van der Waals surface area contributed by atoms with E-state index in [0.29, 0.717) is 46.1 Å². The summed E-state index contributed by atoms with van der Waals surface area (Å²) in [6.07, 6.45) is -9.78. The number of benzene rings is 2. The van der Waals surface area contributed by atoms with Gasteiger partial charge >= 0.3 is 12.4 Å². The maximum absolute atomic E-state index is 13.4. The van der Waals surface area contributed by atoms with Crippen LogP contribution in [-0.4, -0.2) is 50.1 Å². The van der Waals surface area contributed by atoms with Gasteiger partial charge in [0.25, 0.3) is 5.91 Å². The molecule has 13 heteroatoms. The van der Waals surface area contributed by atoms with Crippen LogP contribution in [-0.2, 0) is 12.4 Å². The highest BCUT2D eigenvalue weighted by Crippen LogP contribution is 2.40. The second kappa shape index (κ2) is 10.2. The van der Waals surface area contributed by atoms with E-state index < -0.39 is 35.0 Å². The second-order valence-electron chi connectivity index (χ2n) is 7.83. The highest BCUT2D eigenvalue weighted by Gasteiger charge is 2.38. The van der Waals surface area contributed by atoms with Gasteiger partial charge in [-0.3, -0.25) is 9.69 Å². The van der Waals surface area contributed by atoms with Crippen LogP contribution >= 0.6 is 22.9 Å². The molecule has 0 bridgehead atoms. The number of halogens is 7. The lowest BCUT2D eigenvalue weighted by Crippen LogP contribution is -2.34. The molecule has 5 nitrogen and oxygen atoms in total. The molecule has 0 radical (unpaired) electrons. The zero-order chi connectivity index (χ0) is 26.1. The van der Waals surface area contributed by atoms with E-state index in [0.717, 1.165) is 16.2 Å². The van der Waals surface area contributed by atoms with Crippen LogP contribution in [0, 0.1) is 0 Å². The van der Waals surface area contributed by atoms with Gasteiger partial charge in [-0.25, -0.2) is 4.98 Å². The van der Waals surface area contributed by atoms with Crippen molar-refractivity contribution in [2.75, 3.05) is 39.2 Å². The number of amides is 1. The van der Waals surface area contributed by atoms with Crippen molar-refractivity contribution in [3.05, 3.63) is 52.0 Å². The van der Waals surface area contributed by atoms with Gasteiger partial charge in [0.1, 0.15) is 11.3 Å². The fourth-order valence-electron chi connectivity index (χ4n) is 3.28. The minimum Gasteiger partial charge on any atom is -0.494 e. The molecule has 0 N–H and O–H groups in total. The number of anilines is 1. The van der Waals surface area contributed by atoms with Crippen molar-refractivity contribution in [1.29, 1.82) is 0 Å². The van der Waals surface area contributed by atoms with Crippen LogP contribution in [0.5, 0.6) is 5.75 Å². The number of hydrogen-bond acceptors (Lipinski definition) is 5. The number of carbonyl (C=O) groups is 1. The zero-order valence-corrected chi connectivity index (χ0v) is 20.3. The minimum absolute atomic E-state index is 0.00559. The summed E-state index contributed by atoms with van der Waals surface area (Å²) in [5, 5.41) is 0.379. The molecule has 3 rings (SSSR count). The molecule has 0 aliphatic rings. The second-order valence-corrected chi connectivity index (χ2v) is 9.22. The molecule has 3 aromatic rings. The van der Waals surface area contributed by atoms with Gasteiger partial charge in [-0.1, -0.05) is 22.9 Å². The van der Waals surface area contributed by atoms with Crippen LogP contribution in [0.3, 0.4) is 0 Å². The molecular weight excluding hydrogens is 520 g/mol. The van der Waals surface area contributed by atoms with Crippen molar-refractivity contribution in [1.82, 2.24) is 9.88 Å². The molecule has 0 saturated heterocycles. The Bertz CT molecular complexity index is 1190. The number of thiazole rings is 1. The molecule has 0 fully saturated rings. The lowest BCUT2D eigenvalue weighted by Gasteiger charge is -2.22. The Balaban J connectivity index is 2.14. The fraction of sp³-hybridized carbons (Fsp3) is 0.364. The molecule has 0 aliphatic carbocycles. The summed E-state index contributed by atoms with van der Waals surface area (Å²) >= 11 is 7.23. The normalized spacial score (nSPS) is 12.4. The number of alkyl halides is 6. The fourth-order valence-corrected chi connectivity index (χ4v) is 4.57. The SMILES string of the molecule is COc1ccc(Cl)c2sc(N(CCCN(C)C)C(=O)c3cc(C(F)(F)F)cc(C(F)(F)F)c3)nc12. The Morgan fingerprint density at radius 3 is 2.14 bits per heavy atom. The number of hydrogen-bond donors (Lipinski definition) is 0. The Morgan fingerprint density at radius 1 is 1.03 bits per heavy atom. The van der Waals surface area contributed by atoms with E-state index in [1.165, 1.54) is 7.11 Å². The van der Waals surface area contributed by atoms with Gasteiger partial charge in [-0.15, -0.1) is 0 Å². The van der Waals surface area contributed by atoms with Crippen molar-refractivity contribution < 1.29 is 35.9 Å². The smallest absolute Gasteiger partial charge is 0.416 e. The molecule has 0 aliphatic heterocycles. The van der Waals surface area contributed by atoms with Crippen molar-refractivity contribution >= 4 is 44.2 Å². The first-order valence-corrected chi connectivity index (χ1v) is 11.3.